The number of nitrogens with zero attached hydrogens (tertiary/aromatic N) is 4. The van der Waals surface area contributed by atoms with Gasteiger partial charge in [0.15, 0.2) is 0 Å². The van der Waals surface area contributed by atoms with Crippen LogP contribution in [0.3, 0.4) is 0 Å². The van der Waals surface area contributed by atoms with Gasteiger partial charge in [0, 0.05) is 55.6 Å². The second kappa shape index (κ2) is 6.59. The second-order valence-electron chi connectivity index (χ2n) is 8.27. The van der Waals surface area contributed by atoms with E-state index in [1.54, 1.807) is 13.3 Å². The summed E-state index contributed by atoms with van der Waals surface area (Å²) in [7, 11) is 1.68. The molecule has 4 rings (SSSR count). The predicted octanol–water partition coefficient (Wildman–Crippen LogP) is 2.92. The van der Waals surface area contributed by atoms with Crippen LogP contribution in [0.25, 0.3) is 0 Å². The van der Waals surface area contributed by atoms with Gasteiger partial charge in [-0.05, 0) is 31.2 Å². The molecule has 6 heteroatoms. The largest absolute Gasteiger partial charge is 0.497 e. The highest BCUT2D eigenvalue weighted by atomic mass is 16.5. The number of hydrogen-bond donors (Lipinski definition) is 0. The Labute approximate surface area is 160 Å². The zero-order chi connectivity index (χ0) is 19.2. The van der Waals surface area contributed by atoms with E-state index in [4.69, 9.17) is 4.74 Å². The standard InChI is InChI=1S/C21H28N4O2/c1-15(2)19-22-9-10-25(19)16(3)20(26)24-13-21(14-24)11-23(12-21)17-5-7-18(27-4)8-6-17/h5-10,15-16H,11-14H2,1-4H3. The summed E-state index contributed by atoms with van der Waals surface area (Å²) >= 11 is 0. The van der Waals surface area contributed by atoms with Crippen molar-refractivity contribution < 1.29 is 9.53 Å². The minimum Gasteiger partial charge on any atom is -0.497 e. The average Bonchev–Trinajstić information content (AvgIpc) is 3.09. The van der Waals surface area contributed by atoms with E-state index in [1.165, 1.54) is 5.69 Å². The van der Waals surface area contributed by atoms with Gasteiger partial charge in [0.25, 0.3) is 0 Å². The van der Waals surface area contributed by atoms with Gasteiger partial charge in [0.1, 0.15) is 17.6 Å². The number of ether oxygens (including phenoxy) is 1. The molecule has 2 saturated heterocycles. The lowest BCUT2D eigenvalue weighted by atomic mass is 9.72. The van der Waals surface area contributed by atoms with Crippen LogP contribution in [0.2, 0.25) is 0 Å². The fraction of sp³-hybridized carbons (Fsp3) is 0.524. The van der Waals surface area contributed by atoms with E-state index in [9.17, 15) is 4.79 Å². The summed E-state index contributed by atoms with van der Waals surface area (Å²) in [5.74, 6) is 2.36. The molecule has 0 N–H and O–H groups in total. The Kier molecular flexibility index (Phi) is 4.36. The summed E-state index contributed by atoms with van der Waals surface area (Å²) in [5.41, 5.74) is 1.49. The van der Waals surface area contributed by atoms with Gasteiger partial charge in [-0.3, -0.25) is 4.79 Å². The van der Waals surface area contributed by atoms with Crippen LogP contribution in [-0.4, -0.2) is 53.6 Å². The Morgan fingerprint density at radius 3 is 2.37 bits per heavy atom. The highest BCUT2D eigenvalue weighted by molar-refractivity contribution is 5.81. The zero-order valence-electron chi connectivity index (χ0n) is 16.6. The molecule has 1 atom stereocenters. The monoisotopic (exact) mass is 368 g/mol. The number of aromatic nitrogens is 2. The number of benzene rings is 1. The van der Waals surface area contributed by atoms with Crippen LogP contribution in [0.4, 0.5) is 5.69 Å². The Bertz CT molecular complexity index is 813. The first kappa shape index (κ1) is 17.9. The van der Waals surface area contributed by atoms with Gasteiger partial charge in [-0.15, -0.1) is 0 Å². The minimum atomic E-state index is -0.194. The van der Waals surface area contributed by atoms with E-state index in [-0.39, 0.29) is 17.4 Å². The van der Waals surface area contributed by atoms with E-state index < -0.39 is 0 Å². The molecule has 2 aliphatic heterocycles. The molecule has 0 bridgehead atoms. The summed E-state index contributed by atoms with van der Waals surface area (Å²) < 4.78 is 7.24. The van der Waals surface area contributed by atoms with Gasteiger partial charge < -0.3 is 19.1 Å². The molecule has 2 fully saturated rings. The number of anilines is 1. The van der Waals surface area contributed by atoms with Crippen molar-refractivity contribution in [1.29, 1.82) is 0 Å². The lowest BCUT2D eigenvalue weighted by Crippen LogP contribution is -2.73. The van der Waals surface area contributed by atoms with E-state index in [0.29, 0.717) is 5.92 Å². The highest BCUT2D eigenvalue weighted by Gasteiger charge is 2.53. The summed E-state index contributed by atoms with van der Waals surface area (Å²) in [4.78, 5) is 21.7. The van der Waals surface area contributed by atoms with Crippen LogP contribution in [0.5, 0.6) is 5.75 Å². The van der Waals surface area contributed by atoms with Crippen molar-refractivity contribution in [2.45, 2.75) is 32.7 Å². The van der Waals surface area contributed by atoms with Crippen LogP contribution >= 0.6 is 0 Å². The summed E-state index contributed by atoms with van der Waals surface area (Å²) in [6.07, 6.45) is 3.71. The molecule has 6 nitrogen and oxygen atoms in total. The Morgan fingerprint density at radius 1 is 1.11 bits per heavy atom. The van der Waals surface area contributed by atoms with E-state index in [0.717, 1.165) is 37.8 Å². The van der Waals surface area contributed by atoms with Gasteiger partial charge in [0.05, 0.1) is 7.11 Å². The highest BCUT2D eigenvalue weighted by Crippen LogP contribution is 2.42. The molecular formula is C21H28N4O2. The fourth-order valence-corrected chi connectivity index (χ4v) is 4.34. The number of hydrogen-bond acceptors (Lipinski definition) is 4. The topological polar surface area (TPSA) is 50.6 Å². The maximum absolute atomic E-state index is 12.9. The van der Waals surface area contributed by atoms with Crippen molar-refractivity contribution in [1.82, 2.24) is 14.5 Å². The quantitative estimate of drug-likeness (QED) is 0.814. The number of imidazole rings is 1. The lowest BCUT2D eigenvalue weighted by molar-refractivity contribution is -0.148. The van der Waals surface area contributed by atoms with E-state index in [2.05, 4.69) is 35.9 Å². The third kappa shape index (κ3) is 3.07. The lowest BCUT2D eigenvalue weighted by Gasteiger charge is -2.61. The maximum Gasteiger partial charge on any atom is 0.245 e. The van der Waals surface area contributed by atoms with Crippen LogP contribution in [0.15, 0.2) is 36.7 Å². The molecule has 2 aliphatic rings. The first-order valence-electron chi connectivity index (χ1n) is 9.63. The molecule has 1 aromatic carbocycles. The van der Waals surface area contributed by atoms with Crippen LogP contribution in [0.1, 0.15) is 38.6 Å². The van der Waals surface area contributed by atoms with Crippen molar-refractivity contribution in [3.05, 3.63) is 42.5 Å². The molecule has 0 aliphatic carbocycles. The molecule has 2 aromatic rings. The number of likely N-dealkylation sites (tertiary alicyclic amines) is 1. The third-order valence-corrected chi connectivity index (χ3v) is 5.84. The smallest absolute Gasteiger partial charge is 0.245 e. The van der Waals surface area contributed by atoms with Crippen molar-refractivity contribution >= 4 is 11.6 Å². The Morgan fingerprint density at radius 2 is 1.78 bits per heavy atom. The first-order chi connectivity index (χ1) is 12.9. The zero-order valence-corrected chi connectivity index (χ0v) is 16.6. The van der Waals surface area contributed by atoms with Gasteiger partial charge in [-0.1, -0.05) is 13.8 Å². The summed E-state index contributed by atoms with van der Waals surface area (Å²) in [6, 6.07) is 8.00. The number of methoxy groups -OCH3 is 1. The summed E-state index contributed by atoms with van der Waals surface area (Å²) in [6.45, 7) is 9.93. The van der Waals surface area contributed by atoms with Gasteiger partial charge >= 0.3 is 0 Å². The Hall–Kier alpha value is -2.50. The fourth-order valence-electron chi connectivity index (χ4n) is 4.34. The molecule has 1 unspecified atom stereocenters. The Balaban J connectivity index is 1.33. The van der Waals surface area contributed by atoms with Gasteiger partial charge in [0.2, 0.25) is 5.91 Å². The van der Waals surface area contributed by atoms with Crippen LogP contribution in [-0.2, 0) is 4.79 Å². The number of rotatable bonds is 5. The molecule has 1 amide bonds. The number of carbonyl (C=O) groups is 1. The van der Waals surface area contributed by atoms with Crippen molar-refractivity contribution in [2.24, 2.45) is 5.41 Å². The average molecular weight is 368 g/mol. The minimum absolute atomic E-state index is 0.194. The van der Waals surface area contributed by atoms with E-state index >= 15 is 0 Å². The van der Waals surface area contributed by atoms with Crippen LogP contribution < -0.4 is 9.64 Å². The maximum atomic E-state index is 12.9. The molecule has 0 radical (unpaired) electrons. The molecule has 144 valence electrons. The SMILES string of the molecule is COc1ccc(N2CC3(CN(C(=O)C(C)n4ccnc4C(C)C)C3)C2)cc1. The van der Waals surface area contributed by atoms with Crippen molar-refractivity contribution in [3.8, 4) is 5.75 Å². The van der Waals surface area contributed by atoms with E-state index in [1.807, 2.05) is 34.7 Å². The normalized spacial score (nSPS) is 19.0. The first-order valence-corrected chi connectivity index (χ1v) is 9.63. The van der Waals surface area contributed by atoms with Crippen LogP contribution in [0, 0.1) is 5.41 Å². The summed E-state index contributed by atoms with van der Waals surface area (Å²) in [5, 5.41) is 0. The number of amides is 1. The third-order valence-electron chi connectivity index (χ3n) is 5.84. The van der Waals surface area contributed by atoms with Crippen molar-refractivity contribution in [3.63, 3.8) is 0 Å². The molecule has 0 saturated carbocycles. The molecular weight excluding hydrogens is 340 g/mol. The second-order valence-corrected chi connectivity index (χ2v) is 8.27. The molecule has 1 aromatic heterocycles. The van der Waals surface area contributed by atoms with Crippen molar-refractivity contribution in [2.75, 3.05) is 38.2 Å². The number of carbonyl (C=O) groups excluding carboxylic acids is 1. The predicted molar refractivity (Wildman–Crippen MR) is 105 cm³/mol. The molecule has 27 heavy (non-hydrogen) atoms. The van der Waals surface area contributed by atoms with Gasteiger partial charge in [-0.2, -0.15) is 0 Å². The molecule has 3 heterocycles. The van der Waals surface area contributed by atoms with Gasteiger partial charge in [-0.25, -0.2) is 4.98 Å². The molecule has 1 spiro atoms.